The average Bonchev–Trinajstić information content (AvgIpc) is 2.42. The molecule has 2 N–H and O–H groups in total. The van der Waals surface area contributed by atoms with E-state index in [1.165, 1.54) is 5.56 Å². The summed E-state index contributed by atoms with van der Waals surface area (Å²) in [6.45, 7) is 2.06. The van der Waals surface area contributed by atoms with Crippen LogP contribution in [0.3, 0.4) is 0 Å². The molecule has 1 atom stereocenters. The van der Waals surface area contributed by atoms with Gasteiger partial charge in [-0.05, 0) is 24.6 Å². The van der Waals surface area contributed by atoms with Crippen molar-refractivity contribution in [3.8, 4) is 0 Å². The molecule has 1 heterocycles. The third-order valence-corrected chi connectivity index (χ3v) is 3.39. The van der Waals surface area contributed by atoms with Gasteiger partial charge in [-0.1, -0.05) is 42.0 Å². The van der Waals surface area contributed by atoms with E-state index in [9.17, 15) is 4.79 Å². The van der Waals surface area contributed by atoms with E-state index in [4.69, 9.17) is 0 Å². The highest BCUT2D eigenvalue weighted by Crippen LogP contribution is 2.26. The Morgan fingerprint density at radius 2 is 1.68 bits per heavy atom. The first-order valence-corrected chi connectivity index (χ1v) is 6.44. The molecule has 0 fully saturated rings. The fourth-order valence-electron chi connectivity index (χ4n) is 2.29. The van der Waals surface area contributed by atoms with Crippen molar-refractivity contribution in [1.29, 1.82) is 0 Å². The zero-order valence-electron chi connectivity index (χ0n) is 10.8. The Kier molecular flexibility index (Phi) is 2.95. The molecule has 1 aliphatic heterocycles. The molecule has 19 heavy (non-hydrogen) atoms. The first kappa shape index (κ1) is 11.8. The summed E-state index contributed by atoms with van der Waals surface area (Å²) in [4.78, 5) is 12.1. The van der Waals surface area contributed by atoms with Crippen molar-refractivity contribution < 1.29 is 4.79 Å². The molecule has 3 rings (SSSR count). The van der Waals surface area contributed by atoms with Crippen molar-refractivity contribution in [2.24, 2.45) is 0 Å². The second-order valence-electron chi connectivity index (χ2n) is 4.92. The van der Waals surface area contributed by atoms with Crippen LogP contribution in [0.25, 0.3) is 0 Å². The summed E-state index contributed by atoms with van der Waals surface area (Å²) < 4.78 is 0. The van der Waals surface area contributed by atoms with Gasteiger partial charge < -0.3 is 10.6 Å². The van der Waals surface area contributed by atoms with E-state index >= 15 is 0 Å². The van der Waals surface area contributed by atoms with E-state index in [0.717, 1.165) is 16.9 Å². The van der Waals surface area contributed by atoms with Crippen LogP contribution in [0.2, 0.25) is 0 Å². The van der Waals surface area contributed by atoms with Gasteiger partial charge in [0.25, 0.3) is 0 Å². The van der Waals surface area contributed by atoms with Crippen LogP contribution < -0.4 is 10.6 Å². The first-order chi connectivity index (χ1) is 9.22. The fraction of sp³-hybridized carbons (Fsp3) is 0.188. The maximum Gasteiger partial charge on any atom is 0.247 e. The molecule has 3 heteroatoms. The molecule has 2 aromatic rings. The van der Waals surface area contributed by atoms with Crippen molar-refractivity contribution >= 4 is 17.3 Å². The molecule has 0 saturated carbocycles. The topological polar surface area (TPSA) is 41.1 Å². The number of amides is 1. The van der Waals surface area contributed by atoms with Crippen LogP contribution in [0.5, 0.6) is 0 Å². The first-order valence-electron chi connectivity index (χ1n) is 6.44. The van der Waals surface area contributed by atoms with Gasteiger partial charge in [0.05, 0.1) is 11.4 Å². The smallest absolute Gasteiger partial charge is 0.247 e. The zero-order valence-corrected chi connectivity index (χ0v) is 10.8. The SMILES string of the molecule is Cc1ccc(C[C@H]2Nc3ccccc3NC2=O)cc1. The Morgan fingerprint density at radius 3 is 2.42 bits per heavy atom. The van der Waals surface area contributed by atoms with Gasteiger partial charge in [-0.3, -0.25) is 4.79 Å². The molecule has 1 amide bonds. The standard InChI is InChI=1S/C16H16N2O/c1-11-6-8-12(9-7-11)10-15-16(19)18-14-5-3-2-4-13(14)17-15/h2-9,15,17H,10H2,1H3,(H,18,19)/t15-/m1/s1. The Labute approximate surface area is 112 Å². The predicted octanol–water partition coefficient (Wildman–Crippen LogP) is 2.97. The number of para-hydroxylation sites is 2. The summed E-state index contributed by atoms with van der Waals surface area (Å²) >= 11 is 0. The zero-order chi connectivity index (χ0) is 13.2. The summed E-state index contributed by atoms with van der Waals surface area (Å²) in [6.07, 6.45) is 0.695. The summed E-state index contributed by atoms with van der Waals surface area (Å²) in [5.41, 5.74) is 4.24. The van der Waals surface area contributed by atoms with Gasteiger partial charge in [-0.15, -0.1) is 0 Å². The normalized spacial score (nSPS) is 17.3. The second-order valence-corrected chi connectivity index (χ2v) is 4.92. The van der Waals surface area contributed by atoms with E-state index in [1.54, 1.807) is 0 Å². The van der Waals surface area contributed by atoms with E-state index in [2.05, 4.69) is 41.8 Å². The Balaban J connectivity index is 1.79. The number of carbonyl (C=O) groups excluding carboxylic acids is 1. The molecule has 1 aliphatic rings. The van der Waals surface area contributed by atoms with E-state index in [-0.39, 0.29) is 11.9 Å². The second kappa shape index (κ2) is 4.76. The summed E-state index contributed by atoms with van der Waals surface area (Å²) in [5.74, 6) is 0.0271. The lowest BCUT2D eigenvalue weighted by Gasteiger charge is -2.26. The maximum atomic E-state index is 12.1. The number of aryl methyl sites for hydroxylation is 1. The van der Waals surface area contributed by atoms with E-state index in [0.29, 0.717) is 6.42 Å². The minimum Gasteiger partial charge on any atom is -0.372 e. The van der Waals surface area contributed by atoms with Gasteiger partial charge >= 0.3 is 0 Å². The third kappa shape index (κ3) is 2.45. The lowest BCUT2D eigenvalue weighted by molar-refractivity contribution is -0.117. The summed E-state index contributed by atoms with van der Waals surface area (Å²) in [7, 11) is 0. The highest BCUT2D eigenvalue weighted by atomic mass is 16.2. The van der Waals surface area contributed by atoms with Gasteiger partial charge in [0.1, 0.15) is 6.04 Å². The van der Waals surface area contributed by atoms with Crippen molar-refractivity contribution in [1.82, 2.24) is 0 Å². The van der Waals surface area contributed by atoms with Crippen LogP contribution in [0, 0.1) is 6.92 Å². The Morgan fingerprint density at radius 1 is 1.00 bits per heavy atom. The number of hydrogen-bond acceptors (Lipinski definition) is 2. The molecule has 0 unspecified atom stereocenters. The lowest BCUT2D eigenvalue weighted by Crippen LogP contribution is -2.40. The van der Waals surface area contributed by atoms with Gasteiger partial charge in [-0.2, -0.15) is 0 Å². The molecular formula is C16H16N2O. The van der Waals surface area contributed by atoms with Crippen molar-refractivity contribution in [2.45, 2.75) is 19.4 Å². The van der Waals surface area contributed by atoms with Crippen LogP contribution in [0.15, 0.2) is 48.5 Å². The van der Waals surface area contributed by atoms with Gasteiger partial charge in [0.15, 0.2) is 0 Å². The summed E-state index contributed by atoms with van der Waals surface area (Å²) in [6, 6.07) is 15.9. The van der Waals surface area contributed by atoms with Crippen molar-refractivity contribution in [2.75, 3.05) is 10.6 Å². The minimum atomic E-state index is -0.211. The highest BCUT2D eigenvalue weighted by Gasteiger charge is 2.24. The number of hydrogen-bond donors (Lipinski definition) is 2. The van der Waals surface area contributed by atoms with Crippen LogP contribution in [0.1, 0.15) is 11.1 Å². The quantitative estimate of drug-likeness (QED) is 0.862. The van der Waals surface area contributed by atoms with Gasteiger partial charge in [0.2, 0.25) is 5.91 Å². The molecular weight excluding hydrogens is 236 g/mol. The molecule has 3 nitrogen and oxygen atoms in total. The predicted molar refractivity (Wildman–Crippen MR) is 77.4 cm³/mol. The number of fused-ring (bicyclic) bond motifs is 1. The number of rotatable bonds is 2. The molecule has 0 spiro atoms. The van der Waals surface area contributed by atoms with Crippen LogP contribution >= 0.6 is 0 Å². The molecule has 0 aromatic heterocycles. The number of anilines is 2. The van der Waals surface area contributed by atoms with E-state index < -0.39 is 0 Å². The van der Waals surface area contributed by atoms with Crippen molar-refractivity contribution in [3.63, 3.8) is 0 Å². The minimum absolute atomic E-state index is 0.0271. The third-order valence-electron chi connectivity index (χ3n) is 3.39. The Bertz CT molecular complexity index is 604. The molecule has 0 radical (unpaired) electrons. The maximum absolute atomic E-state index is 12.1. The molecule has 0 aliphatic carbocycles. The summed E-state index contributed by atoms with van der Waals surface area (Å²) in [5, 5.41) is 6.24. The molecule has 96 valence electrons. The van der Waals surface area contributed by atoms with Crippen LogP contribution in [0.4, 0.5) is 11.4 Å². The monoisotopic (exact) mass is 252 g/mol. The number of benzene rings is 2. The number of carbonyl (C=O) groups is 1. The Hall–Kier alpha value is -2.29. The largest absolute Gasteiger partial charge is 0.372 e. The van der Waals surface area contributed by atoms with Gasteiger partial charge in [-0.25, -0.2) is 0 Å². The van der Waals surface area contributed by atoms with E-state index in [1.807, 2.05) is 24.3 Å². The van der Waals surface area contributed by atoms with Gasteiger partial charge in [0, 0.05) is 6.42 Å². The van der Waals surface area contributed by atoms with Crippen LogP contribution in [-0.2, 0) is 11.2 Å². The lowest BCUT2D eigenvalue weighted by atomic mass is 10.0. The number of nitrogens with one attached hydrogen (secondary N) is 2. The highest BCUT2D eigenvalue weighted by molar-refractivity contribution is 6.03. The average molecular weight is 252 g/mol. The molecule has 0 saturated heterocycles. The fourth-order valence-corrected chi connectivity index (χ4v) is 2.29. The van der Waals surface area contributed by atoms with Crippen molar-refractivity contribution in [3.05, 3.63) is 59.7 Å². The molecule has 0 bridgehead atoms. The van der Waals surface area contributed by atoms with Crippen LogP contribution in [-0.4, -0.2) is 11.9 Å². The molecule has 2 aromatic carbocycles.